The van der Waals surface area contributed by atoms with E-state index < -0.39 is 0 Å². The van der Waals surface area contributed by atoms with Crippen molar-refractivity contribution in [3.63, 3.8) is 0 Å². The maximum absolute atomic E-state index is 5.36. The maximum Gasteiger partial charge on any atom is 0.0717 e. The van der Waals surface area contributed by atoms with E-state index >= 15 is 0 Å². The van der Waals surface area contributed by atoms with Gasteiger partial charge < -0.3 is 10.1 Å². The molecule has 1 N–H and O–H groups in total. The average Bonchev–Trinajstić information content (AvgIpc) is 2.14. The molecule has 0 aliphatic rings. The number of hydrogen-bond donors (Lipinski definition) is 1. The molecular weight excluding hydrogens is 150 g/mol. The lowest BCUT2D eigenvalue weighted by atomic mass is 10.2. The lowest BCUT2D eigenvalue weighted by Crippen LogP contribution is -2.11. The van der Waals surface area contributed by atoms with Crippen molar-refractivity contribution >= 4 is 0 Å². The largest absolute Gasteiger partial charge is 0.375 e. The van der Waals surface area contributed by atoms with Crippen LogP contribution in [0.15, 0.2) is 30.3 Å². The highest BCUT2D eigenvalue weighted by Gasteiger charge is 1.89. The van der Waals surface area contributed by atoms with E-state index in [4.69, 9.17) is 4.74 Å². The Balaban J connectivity index is 2.16. The van der Waals surface area contributed by atoms with Crippen LogP contribution < -0.4 is 5.32 Å². The topological polar surface area (TPSA) is 21.3 Å². The first-order valence-corrected chi connectivity index (χ1v) is 4.05. The maximum atomic E-state index is 5.36. The second-order valence-corrected chi connectivity index (χ2v) is 2.54. The number of hydrogen-bond acceptors (Lipinski definition) is 2. The lowest BCUT2D eigenvalue weighted by Gasteiger charge is -2.02. The fourth-order valence-corrected chi connectivity index (χ4v) is 0.909. The normalized spacial score (nSPS) is 10.1. The zero-order valence-corrected chi connectivity index (χ0v) is 7.12. The van der Waals surface area contributed by atoms with Crippen LogP contribution in [0.3, 0.4) is 0 Å². The van der Waals surface area contributed by atoms with Crippen LogP contribution in [0.25, 0.3) is 0 Å². The van der Waals surface area contributed by atoms with Gasteiger partial charge in [-0.1, -0.05) is 30.3 Å². The van der Waals surface area contributed by atoms with Gasteiger partial charge in [0.1, 0.15) is 0 Å². The smallest absolute Gasteiger partial charge is 0.0717 e. The summed E-state index contributed by atoms with van der Waals surface area (Å²) < 4.78 is 5.36. The highest BCUT2D eigenvalue weighted by molar-refractivity contribution is 5.13. The van der Waals surface area contributed by atoms with Crippen molar-refractivity contribution < 1.29 is 4.74 Å². The fourth-order valence-electron chi connectivity index (χ4n) is 0.909. The standard InChI is InChI=1S/C10H14NO/c1-11-7-8-12-9-10-5-3-2-4-6-10/h2-6,11H,1,7-9H2. The second-order valence-electron chi connectivity index (χ2n) is 2.54. The molecule has 0 saturated heterocycles. The first kappa shape index (κ1) is 9.23. The molecular formula is C10H14NO. The van der Waals surface area contributed by atoms with Crippen LogP contribution in [0.4, 0.5) is 0 Å². The van der Waals surface area contributed by atoms with Crippen molar-refractivity contribution in [2.24, 2.45) is 0 Å². The van der Waals surface area contributed by atoms with Gasteiger partial charge in [0.2, 0.25) is 0 Å². The zero-order chi connectivity index (χ0) is 8.65. The quantitative estimate of drug-likeness (QED) is 0.667. The fraction of sp³-hybridized carbons (Fsp3) is 0.300. The Labute approximate surface area is 73.6 Å². The van der Waals surface area contributed by atoms with Gasteiger partial charge in [0.15, 0.2) is 0 Å². The van der Waals surface area contributed by atoms with Crippen molar-refractivity contribution in [3.8, 4) is 0 Å². The molecule has 0 unspecified atom stereocenters. The van der Waals surface area contributed by atoms with Crippen LogP contribution in [0.2, 0.25) is 0 Å². The van der Waals surface area contributed by atoms with Crippen LogP contribution in [0.5, 0.6) is 0 Å². The van der Waals surface area contributed by atoms with Gasteiger partial charge in [0.05, 0.1) is 13.2 Å². The highest BCUT2D eigenvalue weighted by Crippen LogP contribution is 1.99. The Bertz CT molecular complexity index is 198. The molecule has 12 heavy (non-hydrogen) atoms. The summed E-state index contributed by atoms with van der Waals surface area (Å²) in [6.07, 6.45) is 0. The van der Waals surface area contributed by atoms with Gasteiger partial charge in [-0.15, -0.1) is 0 Å². The minimum absolute atomic E-state index is 0.683. The van der Waals surface area contributed by atoms with E-state index in [2.05, 4.69) is 24.5 Å². The summed E-state index contributed by atoms with van der Waals surface area (Å²) in [4.78, 5) is 0. The van der Waals surface area contributed by atoms with E-state index in [0.717, 1.165) is 6.54 Å². The molecule has 0 spiro atoms. The molecule has 0 bridgehead atoms. The molecule has 2 heteroatoms. The second kappa shape index (κ2) is 5.75. The molecule has 0 saturated carbocycles. The Kier molecular flexibility index (Phi) is 4.42. The molecule has 65 valence electrons. The van der Waals surface area contributed by atoms with Gasteiger partial charge >= 0.3 is 0 Å². The number of nitrogens with one attached hydrogen (secondary N) is 1. The monoisotopic (exact) mass is 164 g/mol. The molecule has 1 aromatic carbocycles. The van der Waals surface area contributed by atoms with Gasteiger partial charge in [-0.2, -0.15) is 0 Å². The molecule has 0 aromatic heterocycles. The van der Waals surface area contributed by atoms with Crippen molar-refractivity contribution in [2.45, 2.75) is 6.61 Å². The minimum atomic E-state index is 0.683. The minimum Gasteiger partial charge on any atom is -0.375 e. The summed E-state index contributed by atoms with van der Waals surface area (Å²) in [7, 11) is 3.50. The van der Waals surface area contributed by atoms with Crippen LogP contribution in [-0.2, 0) is 11.3 Å². The first-order chi connectivity index (χ1) is 5.93. The Hall–Kier alpha value is -0.860. The van der Waals surface area contributed by atoms with Gasteiger partial charge in [-0.25, -0.2) is 0 Å². The third-order valence-electron chi connectivity index (χ3n) is 1.53. The molecule has 0 fully saturated rings. The predicted octanol–water partition coefficient (Wildman–Crippen LogP) is 1.58. The summed E-state index contributed by atoms with van der Waals surface area (Å²) >= 11 is 0. The van der Waals surface area contributed by atoms with Crippen molar-refractivity contribution in [1.29, 1.82) is 0 Å². The Morgan fingerprint density at radius 1 is 1.25 bits per heavy atom. The molecule has 1 rings (SSSR count). The zero-order valence-electron chi connectivity index (χ0n) is 7.12. The van der Waals surface area contributed by atoms with E-state index in [1.165, 1.54) is 5.56 Å². The highest BCUT2D eigenvalue weighted by atomic mass is 16.5. The molecule has 0 aliphatic carbocycles. The summed E-state index contributed by atoms with van der Waals surface area (Å²) in [6.45, 7) is 2.19. The van der Waals surface area contributed by atoms with Gasteiger partial charge in [-0.3, -0.25) is 0 Å². The van der Waals surface area contributed by atoms with Gasteiger partial charge in [0, 0.05) is 13.6 Å². The van der Waals surface area contributed by atoms with E-state index in [0.29, 0.717) is 13.2 Å². The number of ether oxygens (including phenoxy) is 1. The third kappa shape index (κ3) is 3.51. The molecule has 1 radical (unpaired) electrons. The SMILES string of the molecule is [CH2]NCCOCc1ccccc1. The van der Waals surface area contributed by atoms with Crippen LogP contribution in [0.1, 0.15) is 5.56 Å². The molecule has 0 amide bonds. The van der Waals surface area contributed by atoms with Crippen LogP contribution >= 0.6 is 0 Å². The molecule has 0 aliphatic heterocycles. The summed E-state index contributed by atoms with van der Waals surface area (Å²) in [5.41, 5.74) is 1.21. The van der Waals surface area contributed by atoms with Gasteiger partial charge in [0.25, 0.3) is 0 Å². The molecule has 1 aromatic rings. The molecule has 0 atom stereocenters. The first-order valence-electron chi connectivity index (χ1n) is 4.05. The third-order valence-corrected chi connectivity index (χ3v) is 1.53. The van der Waals surface area contributed by atoms with E-state index in [9.17, 15) is 0 Å². The molecule has 2 nitrogen and oxygen atoms in total. The molecule has 0 heterocycles. The van der Waals surface area contributed by atoms with E-state index in [1.54, 1.807) is 0 Å². The van der Waals surface area contributed by atoms with E-state index in [-0.39, 0.29) is 0 Å². The summed E-state index contributed by atoms with van der Waals surface area (Å²) in [5.74, 6) is 0. The van der Waals surface area contributed by atoms with Crippen LogP contribution in [-0.4, -0.2) is 13.2 Å². The number of rotatable bonds is 5. The Morgan fingerprint density at radius 3 is 2.67 bits per heavy atom. The summed E-state index contributed by atoms with van der Waals surface area (Å²) in [5, 5.41) is 2.78. The summed E-state index contributed by atoms with van der Waals surface area (Å²) in [6, 6.07) is 10.1. The van der Waals surface area contributed by atoms with Gasteiger partial charge in [-0.05, 0) is 5.56 Å². The Morgan fingerprint density at radius 2 is 2.00 bits per heavy atom. The van der Waals surface area contributed by atoms with Crippen LogP contribution in [0, 0.1) is 7.05 Å². The lowest BCUT2D eigenvalue weighted by molar-refractivity contribution is 0.124. The predicted molar refractivity (Wildman–Crippen MR) is 49.5 cm³/mol. The van der Waals surface area contributed by atoms with Crippen molar-refractivity contribution in [1.82, 2.24) is 5.32 Å². The number of benzene rings is 1. The van der Waals surface area contributed by atoms with E-state index in [1.807, 2.05) is 18.2 Å². The average molecular weight is 164 g/mol. The van der Waals surface area contributed by atoms with Crippen molar-refractivity contribution in [2.75, 3.05) is 13.2 Å². The van der Waals surface area contributed by atoms with Crippen molar-refractivity contribution in [3.05, 3.63) is 42.9 Å².